The predicted molar refractivity (Wildman–Crippen MR) is 90.8 cm³/mol. The summed E-state index contributed by atoms with van der Waals surface area (Å²) in [4.78, 5) is 0. The summed E-state index contributed by atoms with van der Waals surface area (Å²) in [6, 6.07) is 11.8. The molecule has 5 nitrogen and oxygen atoms in total. The zero-order valence-corrected chi connectivity index (χ0v) is 14.2. The zero-order chi connectivity index (χ0) is 16.4. The van der Waals surface area contributed by atoms with E-state index in [1.54, 1.807) is 20.1 Å². The molecule has 0 aliphatic carbocycles. The number of benzene rings is 1. The van der Waals surface area contributed by atoms with Gasteiger partial charge in [0.1, 0.15) is 5.76 Å². The van der Waals surface area contributed by atoms with Gasteiger partial charge in [-0.05, 0) is 39.0 Å². The second-order valence-electron chi connectivity index (χ2n) is 5.97. The Morgan fingerprint density at radius 3 is 2.52 bits per heavy atom. The Kier molecular flexibility index (Phi) is 4.28. The third kappa shape index (κ3) is 3.48. The van der Waals surface area contributed by atoms with E-state index in [1.807, 2.05) is 47.9 Å². The Morgan fingerprint density at radius 1 is 1.17 bits per heavy atom. The molecule has 2 aromatic heterocycles. The van der Waals surface area contributed by atoms with Crippen LogP contribution in [0, 0.1) is 6.92 Å². The number of aliphatic hydroxyl groups is 1. The Labute approximate surface area is 139 Å². The largest absolute Gasteiger partial charge is 0.469 e. The number of para-hydroxylation sites is 1. The van der Waals surface area contributed by atoms with Crippen LogP contribution in [0.25, 0.3) is 17.1 Å². The normalized spacial score (nSPS) is 11.8. The summed E-state index contributed by atoms with van der Waals surface area (Å²) in [7, 11) is 0. The van der Waals surface area contributed by atoms with Crippen molar-refractivity contribution in [3.05, 3.63) is 48.4 Å². The fourth-order valence-electron chi connectivity index (χ4n) is 2.21. The lowest BCUT2D eigenvalue weighted by molar-refractivity contribution is 0.107. The first kappa shape index (κ1) is 15.8. The van der Waals surface area contributed by atoms with E-state index in [4.69, 9.17) is 4.42 Å². The highest BCUT2D eigenvalue weighted by atomic mass is 32.2. The van der Waals surface area contributed by atoms with Crippen LogP contribution in [0.4, 0.5) is 0 Å². The van der Waals surface area contributed by atoms with Crippen molar-refractivity contribution in [1.29, 1.82) is 0 Å². The molecule has 0 aliphatic rings. The van der Waals surface area contributed by atoms with E-state index < -0.39 is 5.60 Å². The third-order valence-corrected chi connectivity index (χ3v) is 4.68. The SMILES string of the molecule is Cc1occc1-c1nnc(SCC(C)(C)O)n1-c1ccccc1. The van der Waals surface area contributed by atoms with Gasteiger partial charge in [-0.15, -0.1) is 10.2 Å². The average Bonchev–Trinajstić information content (AvgIpc) is 3.11. The zero-order valence-electron chi connectivity index (χ0n) is 13.4. The number of hydrogen-bond donors (Lipinski definition) is 1. The number of thioether (sulfide) groups is 1. The van der Waals surface area contributed by atoms with E-state index in [9.17, 15) is 5.11 Å². The van der Waals surface area contributed by atoms with Crippen LogP contribution in [0.1, 0.15) is 19.6 Å². The van der Waals surface area contributed by atoms with Crippen LogP contribution in [0.2, 0.25) is 0 Å². The molecule has 23 heavy (non-hydrogen) atoms. The number of aromatic nitrogens is 3. The number of hydrogen-bond acceptors (Lipinski definition) is 5. The summed E-state index contributed by atoms with van der Waals surface area (Å²) >= 11 is 1.48. The van der Waals surface area contributed by atoms with Gasteiger partial charge in [0.15, 0.2) is 11.0 Å². The van der Waals surface area contributed by atoms with Crippen LogP contribution >= 0.6 is 11.8 Å². The van der Waals surface area contributed by atoms with Crippen molar-refractivity contribution in [3.63, 3.8) is 0 Å². The average molecular weight is 329 g/mol. The van der Waals surface area contributed by atoms with E-state index in [1.165, 1.54) is 11.8 Å². The molecule has 3 aromatic rings. The fourth-order valence-corrected chi connectivity index (χ4v) is 3.11. The highest BCUT2D eigenvalue weighted by Gasteiger charge is 2.21. The summed E-state index contributed by atoms with van der Waals surface area (Å²) in [5.74, 6) is 2.07. The molecular formula is C17H19N3O2S. The van der Waals surface area contributed by atoms with Crippen molar-refractivity contribution in [1.82, 2.24) is 14.8 Å². The van der Waals surface area contributed by atoms with Crippen molar-refractivity contribution < 1.29 is 9.52 Å². The molecule has 0 amide bonds. The number of rotatable bonds is 5. The molecule has 0 atom stereocenters. The lowest BCUT2D eigenvalue weighted by Crippen LogP contribution is -2.22. The molecule has 120 valence electrons. The molecule has 0 aliphatic heterocycles. The fraction of sp³-hybridized carbons (Fsp3) is 0.294. The highest BCUT2D eigenvalue weighted by molar-refractivity contribution is 7.99. The maximum atomic E-state index is 9.98. The summed E-state index contributed by atoms with van der Waals surface area (Å²) < 4.78 is 7.40. The van der Waals surface area contributed by atoms with Gasteiger partial charge in [0.2, 0.25) is 0 Å². The van der Waals surface area contributed by atoms with Gasteiger partial charge < -0.3 is 9.52 Å². The van der Waals surface area contributed by atoms with Crippen LogP contribution in [0.5, 0.6) is 0 Å². The summed E-state index contributed by atoms with van der Waals surface area (Å²) in [5.41, 5.74) is 1.12. The van der Waals surface area contributed by atoms with E-state index >= 15 is 0 Å². The van der Waals surface area contributed by atoms with Crippen molar-refractivity contribution in [3.8, 4) is 17.1 Å². The Hall–Kier alpha value is -2.05. The Balaban J connectivity index is 2.08. The predicted octanol–water partition coefficient (Wildman–Crippen LogP) is 3.70. The van der Waals surface area contributed by atoms with Gasteiger partial charge in [-0.3, -0.25) is 4.57 Å². The van der Waals surface area contributed by atoms with Gasteiger partial charge in [0.25, 0.3) is 0 Å². The first-order chi connectivity index (χ1) is 11.0. The molecule has 2 heterocycles. The van der Waals surface area contributed by atoms with Crippen LogP contribution in [-0.4, -0.2) is 31.2 Å². The molecule has 0 saturated carbocycles. The van der Waals surface area contributed by atoms with Crippen molar-refractivity contribution in [2.45, 2.75) is 31.5 Å². The molecular weight excluding hydrogens is 310 g/mol. The molecule has 0 fully saturated rings. The van der Waals surface area contributed by atoms with E-state index in [0.717, 1.165) is 28.0 Å². The summed E-state index contributed by atoms with van der Waals surface area (Å²) in [6.07, 6.45) is 1.65. The van der Waals surface area contributed by atoms with Gasteiger partial charge in [0, 0.05) is 11.4 Å². The van der Waals surface area contributed by atoms with Gasteiger partial charge >= 0.3 is 0 Å². The maximum Gasteiger partial charge on any atom is 0.196 e. The lowest BCUT2D eigenvalue weighted by atomic mass is 10.2. The van der Waals surface area contributed by atoms with Crippen LogP contribution in [0.3, 0.4) is 0 Å². The molecule has 0 bridgehead atoms. The molecule has 0 saturated heterocycles. The summed E-state index contributed by atoms with van der Waals surface area (Å²) in [6.45, 7) is 5.47. The maximum absolute atomic E-state index is 9.98. The minimum atomic E-state index is -0.774. The van der Waals surface area contributed by atoms with Gasteiger partial charge in [-0.25, -0.2) is 0 Å². The minimum Gasteiger partial charge on any atom is -0.469 e. The Morgan fingerprint density at radius 2 is 1.91 bits per heavy atom. The van der Waals surface area contributed by atoms with E-state index in [2.05, 4.69) is 10.2 Å². The van der Waals surface area contributed by atoms with Crippen molar-refractivity contribution >= 4 is 11.8 Å². The smallest absolute Gasteiger partial charge is 0.196 e. The molecule has 0 radical (unpaired) electrons. The first-order valence-electron chi connectivity index (χ1n) is 7.36. The lowest BCUT2D eigenvalue weighted by Gasteiger charge is -2.16. The second kappa shape index (κ2) is 6.22. The van der Waals surface area contributed by atoms with E-state index in [-0.39, 0.29) is 0 Å². The second-order valence-corrected chi connectivity index (χ2v) is 6.91. The van der Waals surface area contributed by atoms with Gasteiger partial charge in [-0.1, -0.05) is 30.0 Å². The highest BCUT2D eigenvalue weighted by Crippen LogP contribution is 2.31. The molecule has 0 unspecified atom stereocenters. The van der Waals surface area contributed by atoms with E-state index in [0.29, 0.717) is 5.75 Å². The summed E-state index contributed by atoms with van der Waals surface area (Å²) in [5, 5.41) is 19.4. The number of furan rings is 1. The monoisotopic (exact) mass is 329 g/mol. The quantitative estimate of drug-likeness (QED) is 0.723. The molecule has 1 aromatic carbocycles. The van der Waals surface area contributed by atoms with Crippen LogP contribution in [-0.2, 0) is 0 Å². The van der Waals surface area contributed by atoms with Crippen molar-refractivity contribution in [2.24, 2.45) is 0 Å². The standard InChI is InChI=1S/C17H19N3O2S/c1-12-14(9-10-22-12)15-18-19-16(23-11-17(2,3)21)20(15)13-7-5-4-6-8-13/h4-10,21H,11H2,1-3H3. The molecule has 1 N–H and O–H groups in total. The Bertz CT molecular complexity index is 788. The van der Waals surface area contributed by atoms with Gasteiger partial charge in [0.05, 0.1) is 17.4 Å². The molecule has 0 spiro atoms. The molecule has 3 rings (SSSR count). The van der Waals surface area contributed by atoms with Gasteiger partial charge in [-0.2, -0.15) is 0 Å². The topological polar surface area (TPSA) is 64.1 Å². The number of aryl methyl sites for hydroxylation is 1. The third-order valence-electron chi connectivity index (χ3n) is 3.30. The first-order valence-corrected chi connectivity index (χ1v) is 8.35. The molecule has 6 heteroatoms. The number of nitrogens with zero attached hydrogens (tertiary/aromatic N) is 3. The van der Waals surface area contributed by atoms with Crippen LogP contribution in [0.15, 0.2) is 52.2 Å². The van der Waals surface area contributed by atoms with Crippen LogP contribution < -0.4 is 0 Å². The van der Waals surface area contributed by atoms with Crippen molar-refractivity contribution in [2.75, 3.05) is 5.75 Å². The minimum absolute atomic E-state index is 0.530.